The van der Waals surface area contributed by atoms with Crippen LogP contribution in [0.15, 0.2) is 0 Å². The fourth-order valence-corrected chi connectivity index (χ4v) is 2.26. The van der Waals surface area contributed by atoms with E-state index in [-0.39, 0.29) is 18.0 Å². The molecule has 5 nitrogen and oxygen atoms in total. The number of hydrogen-bond donors (Lipinski definition) is 3. The van der Waals surface area contributed by atoms with Gasteiger partial charge in [0.25, 0.3) is 0 Å². The van der Waals surface area contributed by atoms with Crippen LogP contribution in [0.1, 0.15) is 32.6 Å². The molecule has 90 valence electrons. The lowest BCUT2D eigenvalue weighted by Crippen LogP contribution is -2.42. The van der Waals surface area contributed by atoms with E-state index in [0.29, 0.717) is 24.8 Å². The molecule has 0 spiro atoms. The summed E-state index contributed by atoms with van der Waals surface area (Å²) in [5, 5.41) is 14.5. The van der Waals surface area contributed by atoms with Gasteiger partial charge in [-0.15, -0.1) is 0 Å². The number of rotatable bonds is 3. The van der Waals surface area contributed by atoms with Crippen LogP contribution < -0.4 is 10.6 Å². The van der Waals surface area contributed by atoms with Gasteiger partial charge in [0.2, 0.25) is 0 Å². The second kappa shape index (κ2) is 4.31. The van der Waals surface area contributed by atoms with Crippen molar-refractivity contribution in [3.8, 4) is 0 Å². The van der Waals surface area contributed by atoms with Crippen LogP contribution in [0.2, 0.25) is 0 Å². The van der Waals surface area contributed by atoms with Gasteiger partial charge in [0, 0.05) is 12.1 Å². The van der Waals surface area contributed by atoms with Gasteiger partial charge in [-0.05, 0) is 31.6 Å². The van der Waals surface area contributed by atoms with Crippen LogP contribution in [0.5, 0.6) is 0 Å². The number of carbonyl (C=O) groups is 2. The molecule has 0 saturated heterocycles. The highest BCUT2D eigenvalue weighted by Crippen LogP contribution is 2.29. The minimum Gasteiger partial charge on any atom is -0.481 e. The lowest BCUT2D eigenvalue weighted by Gasteiger charge is -2.13. The van der Waals surface area contributed by atoms with Crippen LogP contribution >= 0.6 is 0 Å². The van der Waals surface area contributed by atoms with Crippen LogP contribution in [0, 0.1) is 11.8 Å². The molecule has 0 aliphatic heterocycles. The SMILES string of the molecule is CC1CC1NC(=O)N[C@H]1CC[C@@H](C(=O)O)C1. The molecule has 2 aliphatic rings. The Bertz CT molecular complexity index is 306. The van der Waals surface area contributed by atoms with E-state index in [4.69, 9.17) is 5.11 Å². The van der Waals surface area contributed by atoms with Gasteiger partial charge >= 0.3 is 12.0 Å². The number of carboxylic acids is 1. The molecule has 2 fully saturated rings. The van der Waals surface area contributed by atoms with E-state index in [0.717, 1.165) is 12.8 Å². The summed E-state index contributed by atoms with van der Waals surface area (Å²) in [6.07, 6.45) is 3.05. The summed E-state index contributed by atoms with van der Waals surface area (Å²) in [5.74, 6) is -0.452. The van der Waals surface area contributed by atoms with Gasteiger partial charge in [-0.25, -0.2) is 4.79 Å². The highest BCUT2D eigenvalue weighted by atomic mass is 16.4. The first kappa shape index (κ1) is 11.2. The largest absolute Gasteiger partial charge is 0.481 e. The van der Waals surface area contributed by atoms with Crippen LogP contribution in [0.3, 0.4) is 0 Å². The van der Waals surface area contributed by atoms with Gasteiger partial charge in [0.15, 0.2) is 0 Å². The molecule has 16 heavy (non-hydrogen) atoms. The summed E-state index contributed by atoms with van der Waals surface area (Å²) in [5.41, 5.74) is 0. The minimum absolute atomic E-state index is 0.0233. The maximum atomic E-state index is 11.5. The molecular formula is C11H18N2O3. The summed E-state index contributed by atoms with van der Waals surface area (Å²) in [6, 6.07) is 0.192. The monoisotopic (exact) mass is 226 g/mol. The van der Waals surface area contributed by atoms with E-state index in [1.165, 1.54) is 0 Å². The number of carboxylic acid groups (broad SMARTS) is 1. The van der Waals surface area contributed by atoms with Crippen molar-refractivity contribution in [2.45, 2.75) is 44.7 Å². The second-order valence-corrected chi connectivity index (χ2v) is 4.98. The summed E-state index contributed by atoms with van der Waals surface area (Å²) in [6.45, 7) is 2.10. The molecule has 0 aromatic heterocycles. The van der Waals surface area contributed by atoms with Gasteiger partial charge in [-0.3, -0.25) is 4.79 Å². The highest BCUT2D eigenvalue weighted by Gasteiger charge is 2.35. The van der Waals surface area contributed by atoms with E-state index in [2.05, 4.69) is 17.6 Å². The Morgan fingerprint density at radius 3 is 2.38 bits per heavy atom. The van der Waals surface area contributed by atoms with Crippen molar-refractivity contribution in [2.75, 3.05) is 0 Å². The first-order chi connectivity index (χ1) is 7.56. The lowest BCUT2D eigenvalue weighted by molar-refractivity contribution is -0.141. The third-order valence-electron chi connectivity index (χ3n) is 3.54. The molecule has 0 bridgehead atoms. The van der Waals surface area contributed by atoms with Crippen molar-refractivity contribution in [2.24, 2.45) is 11.8 Å². The Labute approximate surface area is 94.6 Å². The zero-order valence-electron chi connectivity index (χ0n) is 9.40. The second-order valence-electron chi connectivity index (χ2n) is 4.98. The molecule has 4 atom stereocenters. The van der Waals surface area contributed by atoms with Crippen molar-refractivity contribution >= 4 is 12.0 Å². The van der Waals surface area contributed by atoms with E-state index in [9.17, 15) is 9.59 Å². The normalized spacial score (nSPS) is 36.8. The molecule has 0 heterocycles. The van der Waals surface area contributed by atoms with E-state index < -0.39 is 5.97 Å². The fourth-order valence-electron chi connectivity index (χ4n) is 2.26. The van der Waals surface area contributed by atoms with Gasteiger partial charge in [-0.1, -0.05) is 6.92 Å². The zero-order chi connectivity index (χ0) is 11.7. The van der Waals surface area contributed by atoms with E-state index >= 15 is 0 Å². The number of amides is 2. The Hall–Kier alpha value is -1.26. The predicted octanol–water partition coefficient (Wildman–Crippen LogP) is 0.947. The Morgan fingerprint density at radius 1 is 1.19 bits per heavy atom. The summed E-state index contributed by atoms with van der Waals surface area (Å²) in [4.78, 5) is 22.2. The maximum absolute atomic E-state index is 11.5. The maximum Gasteiger partial charge on any atom is 0.315 e. The molecule has 0 aromatic carbocycles. The number of aliphatic carboxylic acids is 1. The molecule has 3 N–H and O–H groups in total. The van der Waals surface area contributed by atoms with Gasteiger partial charge in [0.1, 0.15) is 0 Å². The molecule has 0 aromatic rings. The van der Waals surface area contributed by atoms with E-state index in [1.807, 2.05) is 0 Å². The molecule has 2 aliphatic carbocycles. The van der Waals surface area contributed by atoms with Crippen molar-refractivity contribution < 1.29 is 14.7 Å². The van der Waals surface area contributed by atoms with Crippen LogP contribution in [-0.4, -0.2) is 29.2 Å². The minimum atomic E-state index is -0.750. The standard InChI is InChI=1S/C11H18N2O3/c1-6-4-9(6)13-11(16)12-8-3-2-7(5-8)10(14)15/h6-9H,2-5H2,1H3,(H,14,15)(H2,12,13,16)/t6?,7-,8+,9?/m1/s1. The highest BCUT2D eigenvalue weighted by molar-refractivity contribution is 5.75. The summed E-state index contributed by atoms with van der Waals surface area (Å²) >= 11 is 0. The topological polar surface area (TPSA) is 78.4 Å². The zero-order valence-corrected chi connectivity index (χ0v) is 9.40. The van der Waals surface area contributed by atoms with Gasteiger partial charge < -0.3 is 15.7 Å². The first-order valence-electron chi connectivity index (χ1n) is 5.86. The fraction of sp³-hybridized carbons (Fsp3) is 0.818. The van der Waals surface area contributed by atoms with Gasteiger partial charge in [-0.2, -0.15) is 0 Å². The van der Waals surface area contributed by atoms with Gasteiger partial charge in [0.05, 0.1) is 5.92 Å². The van der Waals surface area contributed by atoms with Crippen LogP contribution in [-0.2, 0) is 4.79 Å². The van der Waals surface area contributed by atoms with Crippen molar-refractivity contribution in [3.05, 3.63) is 0 Å². The smallest absolute Gasteiger partial charge is 0.315 e. The summed E-state index contributed by atoms with van der Waals surface area (Å²) < 4.78 is 0. The third-order valence-corrected chi connectivity index (χ3v) is 3.54. The average molecular weight is 226 g/mol. The van der Waals surface area contributed by atoms with Crippen LogP contribution in [0.4, 0.5) is 4.79 Å². The van der Waals surface area contributed by atoms with Crippen molar-refractivity contribution in [1.82, 2.24) is 10.6 Å². The molecule has 2 unspecified atom stereocenters. The Morgan fingerprint density at radius 2 is 1.88 bits per heavy atom. The Kier molecular flexibility index (Phi) is 3.03. The number of nitrogens with one attached hydrogen (secondary N) is 2. The molecule has 5 heteroatoms. The van der Waals surface area contributed by atoms with Crippen LogP contribution in [0.25, 0.3) is 0 Å². The molecule has 2 saturated carbocycles. The number of urea groups is 1. The van der Waals surface area contributed by atoms with E-state index in [1.54, 1.807) is 0 Å². The molecular weight excluding hydrogens is 208 g/mol. The lowest BCUT2D eigenvalue weighted by atomic mass is 10.1. The molecule has 2 rings (SSSR count). The Balaban J connectivity index is 1.70. The molecule has 0 radical (unpaired) electrons. The quantitative estimate of drug-likeness (QED) is 0.670. The first-order valence-corrected chi connectivity index (χ1v) is 5.86. The average Bonchev–Trinajstić information content (AvgIpc) is 2.72. The number of hydrogen-bond acceptors (Lipinski definition) is 2. The predicted molar refractivity (Wildman–Crippen MR) is 58.0 cm³/mol. The third kappa shape index (κ3) is 2.65. The number of carbonyl (C=O) groups excluding carboxylic acids is 1. The molecule has 2 amide bonds. The van der Waals surface area contributed by atoms with Crippen molar-refractivity contribution in [3.63, 3.8) is 0 Å². The summed E-state index contributed by atoms with van der Waals surface area (Å²) in [7, 11) is 0. The van der Waals surface area contributed by atoms with Crippen molar-refractivity contribution in [1.29, 1.82) is 0 Å².